The number of carbonyl (C=O) groups is 2. The number of likely N-dealkylation sites (N-methyl/N-ethyl adjacent to an activating group) is 2. The third kappa shape index (κ3) is 7.35. The zero-order chi connectivity index (χ0) is 28.7. The molecule has 3 heterocycles. The van der Waals surface area contributed by atoms with E-state index in [0.29, 0.717) is 22.6 Å². The monoisotopic (exact) mass is 587 g/mol. The summed E-state index contributed by atoms with van der Waals surface area (Å²) in [6.45, 7) is 3.24. The molecule has 1 aromatic carbocycles. The van der Waals surface area contributed by atoms with Gasteiger partial charge in [0.15, 0.2) is 0 Å². The van der Waals surface area contributed by atoms with E-state index in [-0.39, 0.29) is 24.2 Å². The Bertz CT molecular complexity index is 1140. The number of nitrogens with one attached hydrogen (secondary N) is 1. The molecule has 2 unspecified atom stereocenters. The maximum atomic E-state index is 13.6. The zero-order valence-corrected chi connectivity index (χ0v) is 25.6. The highest BCUT2D eigenvalue weighted by Crippen LogP contribution is 2.37. The average molecular weight is 589 g/mol. The summed E-state index contributed by atoms with van der Waals surface area (Å²) in [6.07, 6.45) is 8.85. The topological polar surface area (TPSA) is 68.8 Å². The van der Waals surface area contributed by atoms with Crippen molar-refractivity contribution >= 4 is 35.0 Å². The van der Waals surface area contributed by atoms with Gasteiger partial charge in [-0.25, -0.2) is 0 Å². The molecule has 0 aliphatic carbocycles. The fraction of sp³-hybridized carbons (Fsp3) is 0.581. The summed E-state index contributed by atoms with van der Waals surface area (Å²) in [7, 11) is 5.62. The van der Waals surface area contributed by atoms with Crippen molar-refractivity contribution in [3.63, 3.8) is 0 Å². The SMILES string of the molecule is CN(C)C(=O)C1(N2CCCCC2CCC(CN(C)C(=O)Cc2ccccn2)c2ccc(Cl)c(Cl)c2)CCNCC1. The van der Waals surface area contributed by atoms with Crippen molar-refractivity contribution in [2.75, 3.05) is 47.3 Å². The molecule has 2 aliphatic rings. The zero-order valence-electron chi connectivity index (χ0n) is 24.0. The van der Waals surface area contributed by atoms with Gasteiger partial charge in [-0.05, 0) is 88.0 Å². The molecule has 0 saturated carbocycles. The summed E-state index contributed by atoms with van der Waals surface area (Å²) >= 11 is 12.7. The lowest BCUT2D eigenvalue weighted by molar-refractivity contribution is -0.148. The summed E-state index contributed by atoms with van der Waals surface area (Å²) in [5, 5.41) is 4.51. The van der Waals surface area contributed by atoms with Gasteiger partial charge in [0.1, 0.15) is 5.54 Å². The van der Waals surface area contributed by atoms with Crippen molar-refractivity contribution in [1.82, 2.24) is 25.0 Å². The van der Waals surface area contributed by atoms with Gasteiger partial charge in [0.25, 0.3) is 0 Å². The van der Waals surface area contributed by atoms with Crippen LogP contribution in [0.25, 0.3) is 0 Å². The van der Waals surface area contributed by atoms with Crippen LogP contribution in [0, 0.1) is 0 Å². The van der Waals surface area contributed by atoms with Crippen molar-refractivity contribution in [3.8, 4) is 0 Å². The molecule has 0 radical (unpaired) electrons. The number of halogens is 2. The predicted octanol–water partition coefficient (Wildman–Crippen LogP) is 5.02. The molecule has 2 fully saturated rings. The van der Waals surface area contributed by atoms with E-state index in [1.807, 2.05) is 62.4 Å². The van der Waals surface area contributed by atoms with Crippen molar-refractivity contribution in [2.45, 2.75) is 68.9 Å². The van der Waals surface area contributed by atoms with Crippen molar-refractivity contribution < 1.29 is 9.59 Å². The Morgan fingerprint density at radius 2 is 1.88 bits per heavy atom. The van der Waals surface area contributed by atoms with Crippen LogP contribution in [0.5, 0.6) is 0 Å². The van der Waals surface area contributed by atoms with Gasteiger partial charge in [0.05, 0.1) is 16.5 Å². The van der Waals surface area contributed by atoms with E-state index in [1.54, 1.807) is 11.1 Å². The molecule has 7 nitrogen and oxygen atoms in total. The van der Waals surface area contributed by atoms with Crippen LogP contribution in [-0.4, -0.2) is 90.4 Å². The van der Waals surface area contributed by atoms with Crippen molar-refractivity contribution in [1.29, 1.82) is 0 Å². The van der Waals surface area contributed by atoms with Gasteiger partial charge in [-0.1, -0.05) is 41.8 Å². The van der Waals surface area contributed by atoms with Crippen LogP contribution in [0.15, 0.2) is 42.6 Å². The third-order valence-corrected chi connectivity index (χ3v) is 9.39. The van der Waals surface area contributed by atoms with Gasteiger partial charge >= 0.3 is 0 Å². The first-order chi connectivity index (χ1) is 19.2. The minimum atomic E-state index is -0.450. The van der Waals surface area contributed by atoms with Crippen LogP contribution in [0.2, 0.25) is 10.0 Å². The number of hydrogen-bond donors (Lipinski definition) is 1. The maximum absolute atomic E-state index is 13.6. The molecule has 9 heteroatoms. The van der Waals surface area contributed by atoms with Gasteiger partial charge in [-0.3, -0.25) is 19.5 Å². The molecule has 2 aromatic rings. The predicted molar refractivity (Wildman–Crippen MR) is 162 cm³/mol. The first kappa shape index (κ1) is 30.8. The molecule has 1 N–H and O–H groups in total. The molecule has 2 atom stereocenters. The highest BCUT2D eigenvalue weighted by molar-refractivity contribution is 6.42. The quantitative estimate of drug-likeness (QED) is 0.423. The highest BCUT2D eigenvalue weighted by atomic mass is 35.5. The third-order valence-electron chi connectivity index (χ3n) is 8.65. The van der Waals surface area contributed by atoms with Gasteiger partial charge in [-0.2, -0.15) is 0 Å². The van der Waals surface area contributed by atoms with Crippen LogP contribution in [0.4, 0.5) is 0 Å². The second kappa shape index (κ2) is 14.1. The number of aromatic nitrogens is 1. The maximum Gasteiger partial charge on any atom is 0.242 e. The normalized spacial score (nSPS) is 20.1. The number of pyridine rings is 1. The summed E-state index contributed by atoms with van der Waals surface area (Å²) in [5.74, 6) is 0.347. The molecular formula is C31H43Cl2N5O2. The van der Waals surface area contributed by atoms with E-state index in [4.69, 9.17) is 23.2 Å². The smallest absolute Gasteiger partial charge is 0.242 e. The van der Waals surface area contributed by atoms with Crippen molar-refractivity contribution in [3.05, 3.63) is 63.9 Å². The van der Waals surface area contributed by atoms with Gasteiger partial charge in [0.2, 0.25) is 11.8 Å². The van der Waals surface area contributed by atoms with E-state index in [9.17, 15) is 9.59 Å². The number of rotatable bonds is 10. The van der Waals surface area contributed by atoms with Gasteiger partial charge in [0, 0.05) is 51.5 Å². The van der Waals surface area contributed by atoms with E-state index >= 15 is 0 Å². The van der Waals surface area contributed by atoms with E-state index in [2.05, 4.69) is 15.2 Å². The Balaban J connectivity index is 1.53. The molecule has 2 aliphatic heterocycles. The Kier molecular flexibility index (Phi) is 10.9. The van der Waals surface area contributed by atoms with Crippen LogP contribution < -0.4 is 5.32 Å². The number of benzene rings is 1. The fourth-order valence-corrected chi connectivity index (χ4v) is 6.80. The molecule has 2 saturated heterocycles. The largest absolute Gasteiger partial charge is 0.347 e. The van der Waals surface area contributed by atoms with E-state index in [0.717, 1.165) is 69.4 Å². The lowest BCUT2D eigenvalue weighted by atomic mass is 9.80. The highest BCUT2D eigenvalue weighted by Gasteiger charge is 2.48. The molecule has 0 bridgehead atoms. The van der Waals surface area contributed by atoms with E-state index < -0.39 is 5.54 Å². The summed E-state index contributed by atoms with van der Waals surface area (Å²) < 4.78 is 0. The molecule has 4 rings (SSSR count). The van der Waals surface area contributed by atoms with Crippen LogP contribution >= 0.6 is 23.2 Å². The molecular weight excluding hydrogens is 545 g/mol. The van der Waals surface area contributed by atoms with Crippen LogP contribution in [-0.2, 0) is 16.0 Å². The number of hydrogen-bond acceptors (Lipinski definition) is 5. The number of piperidine rings is 2. The lowest BCUT2D eigenvalue weighted by Gasteiger charge is -2.51. The lowest BCUT2D eigenvalue weighted by Crippen LogP contribution is -2.66. The average Bonchev–Trinajstić information content (AvgIpc) is 2.97. The molecule has 1 aromatic heterocycles. The second-order valence-corrected chi connectivity index (χ2v) is 12.4. The molecule has 2 amide bonds. The molecule has 218 valence electrons. The summed E-state index contributed by atoms with van der Waals surface area (Å²) in [5.41, 5.74) is 1.39. The van der Waals surface area contributed by atoms with Crippen LogP contribution in [0.1, 0.15) is 62.1 Å². The summed E-state index contributed by atoms with van der Waals surface area (Å²) in [6, 6.07) is 11.8. The van der Waals surface area contributed by atoms with Crippen LogP contribution in [0.3, 0.4) is 0 Å². The summed E-state index contributed by atoms with van der Waals surface area (Å²) in [4.78, 5) is 37.2. The number of likely N-dealkylation sites (tertiary alicyclic amines) is 1. The molecule has 40 heavy (non-hydrogen) atoms. The Morgan fingerprint density at radius 3 is 2.55 bits per heavy atom. The molecule has 0 spiro atoms. The number of carbonyl (C=O) groups excluding carboxylic acids is 2. The Morgan fingerprint density at radius 1 is 1.10 bits per heavy atom. The van der Waals surface area contributed by atoms with Gasteiger partial charge < -0.3 is 15.1 Å². The van der Waals surface area contributed by atoms with E-state index in [1.165, 1.54) is 6.42 Å². The minimum absolute atomic E-state index is 0.0355. The first-order valence-corrected chi connectivity index (χ1v) is 15.2. The standard InChI is InChI=1S/C31H43Cl2N5O2/c1-36(2)30(40)31(14-17-34-18-15-31)38-19-7-5-9-26(38)12-10-24(23-11-13-27(32)28(33)20-23)22-37(3)29(39)21-25-8-4-6-16-35-25/h4,6,8,11,13,16,20,24,26,34H,5,7,9-10,12,14-15,17-19,21-22H2,1-3H3. The second-order valence-electron chi connectivity index (χ2n) is 11.5. The number of nitrogens with zero attached hydrogens (tertiary/aromatic N) is 4. The first-order valence-electron chi connectivity index (χ1n) is 14.5. The Hall–Kier alpha value is -2.19. The fourth-order valence-electron chi connectivity index (χ4n) is 6.49. The number of amides is 2. The Labute approximate surface area is 249 Å². The van der Waals surface area contributed by atoms with Crippen molar-refractivity contribution in [2.24, 2.45) is 0 Å². The minimum Gasteiger partial charge on any atom is -0.347 e. The van der Waals surface area contributed by atoms with Gasteiger partial charge in [-0.15, -0.1) is 0 Å².